The first kappa shape index (κ1) is 13.6. The van der Waals surface area contributed by atoms with E-state index in [4.69, 9.17) is 16.7 Å². The van der Waals surface area contributed by atoms with Gasteiger partial charge in [-0.3, -0.25) is 4.79 Å². The third kappa shape index (κ3) is 3.12. The molecular weight excluding hydrogens is 339 g/mol. The molecule has 0 saturated carbocycles. The Hall–Kier alpha value is -1.86. The number of aromatic carboxylic acids is 1. The van der Waals surface area contributed by atoms with Gasteiger partial charge in [0, 0.05) is 10.5 Å². The van der Waals surface area contributed by atoms with Crippen LogP contribution in [0.4, 0.5) is 5.69 Å². The molecule has 0 aliphatic carbocycles. The number of carbonyl (C=O) groups is 2. The van der Waals surface area contributed by atoms with E-state index >= 15 is 0 Å². The van der Waals surface area contributed by atoms with Gasteiger partial charge in [-0.1, -0.05) is 32.7 Å². The van der Waals surface area contributed by atoms with Gasteiger partial charge in [-0.05, 0) is 18.2 Å². The van der Waals surface area contributed by atoms with Gasteiger partial charge in [-0.2, -0.15) is 0 Å². The van der Waals surface area contributed by atoms with Gasteiger partial charge in [-0.25, -0.2) is 4.79 Å². The average molecular weight is 346 g/mol. The molecule has 8 heteroatoms. The summed E-state index contributed by atoms with van der Waals surface area (Å²) in [5.41, 5.74) is 0.231. The Labute approximate surface area is 120 Å². The summed E-state index contributed by atoms with van der Waals surface area (Å²) in [4.78, 5) is 22.4. The number of carbonyl (C=O) groups excluding carboxylic acids is 1. The van der Waals surface area contributed by atoms with Crippen LogP contribution in [0.15, 0.2) is 33.3 Å². The van der Waals surface area contributed by atoms with E-state index in [1.54, 1.807) is 18.2 Å². The zero-order chi connectivity index (χ0) is 14.0. The van der Waals surface area contributed by atoms with Crippen molar-refractivity contribution in [1.29, 1.82) is 0 Å². The number of anilines is 1. The van der Waals surface area contributed by atoms with Gasteiger partial charge in [0.15, 0.2) is 5.69 Å². The molecule has 2 aromatic rings. The monoisotopic (exact) mass is 344 g/mol. The summed E-state index contributed by atoms with van der Waals surface area (Å²) >= 11 is 9.15. The van der Waals surface area contributed by atoms with E-state index < -0.39 is 17.6 Å². The largest absolute Gasteiger partial charge is 0.475 e. The summed E-state index contributed by atoms with van der Waals surface area (Å²) in [5.74, 6) is -2.33. The molecule has 0 radical (unpaired) electrons. The molecule has 0 atom stereocenters. The summed E-state index contributed by atoms with van der Waals surface area (Å²) in [6.07, 6.45) is 0. The van der Waals surface area contributed by atoms with Crippen LogP contribution in [0, 0.1) is 0 Å². The standard InChI is InChI=1S/C11H6BrClN2O4/c12-5-1-2-6(13)7(3-5)14-10(16)8-4-9(11(17)18)19-15-8/h1-4H,(H,14,16)(H,17,18). The van der Waals surface area contributed by atoms with Crippen LogP contribution in [0.5, 0.6) is 0 Å². The molecule has 0 spiro atoms. The molecule has 6 nitrogen and oxygen atoms in total. The number of hydrogen-bond donors (Lipinski definition) is 2. The van der Waals surface area contributed by atoms with Gasteiger partial charge in [0.2, 0.25) is 5.76 Å². The molecule has 98 valence electrons. The van der Waals surface area contributed by atoms with Crippen molar-refractivity contribution in [2.75, 3.05) is 5.32 Å². The molecule has 0 fully saturated rings. The first-order valence-electron chi connectivity index (χ1n) is 4.94. The molecule has 0 aliphatic heterocycles. The highest BCUT2D eigenvalue weighted by atomic mass is 79.9. The van der Waals surface area contributed by atoms with Crippen LogP contribution in [0.2, 0.25) is 5.02 Å². The lowest BCUT2D eigenvalue weighted by atomic mass is 10.3. The number of benzene rings is 1. The summed E-state index contributed by atoms with van der Waals surface area (Å²) < 4.78 is 5.22. The van der Waals surface area contributed by atoms with Gasteiger partial charge >= 0.3 is 5.97 Å². The van der Waals surface area contributed by atoms with E-state index in [1.165, 1.54) is 0 Å². The first-order chi connectivity index (χ1) is 8.97. The lowest BCUT2D eigenvalue weighted by Crippen LogP contribution is -2.12. The van der Waals surface area contributed by atoms with Crippen molar-refractivity contribution in [2.45, 2.75) is 0 Å². The Morgan fingerprint density at radius 2 is 2.11 bits per heavy atom. The maximum absolute atomic E-state index is 11.8. The minimum absolute atomic E-state index is 0.145. The maximum Gasteiger partial charge on any atom is 0.374 e. The number of carboxylic acid groups (broad SMARTS) is 1. The molecule has 1 heterocycles. The highest BCUT2D eigenvalue weighted by Crippen LogP contribution is 2.26. The van der Waals surface area contributed by atoms with Crippen molar-refractivity contribution in [2.24, 2.45) is 0 Å². The van der Waals surface area contributed by atoms with Crippen LogP contribution in [0.1, 0.15) is 21.0 Å². The fourth-order valence-corrected chi connectivity index (χ4v) is 1.79. The van der Waals surface area contributed by atoms with Crippen LogP contribution in [-0.4, -0.2) is 22.1 Å². The molecule has 0 saturated heterocycles. The predicted molar refractivity (Wildman–Crippen MR) is 70.6 cm³/mol. The van der Waals surface area contributed by atoms with E-state index in [0.717, 1.165) is 10.5 Å². The summed E-state index contributed by atoms with van der Waals surface area (Å²) in [7, 11) is 0. The topological polar surface area (TPSA) is 92.4 Å². The van der Waals surface area contributed by atoms with Crippen molar-refractivity contribution >= 4 is 45.1 Å². The van der Waals surface area contributed by atoms with Crippen LogP contribution < -0.4 is 5.32 Å². The van der Waals surface area contributed by atoms with Crippen molar-refractivity contribution in [3.05, 3.63) is 45.2 Å². The quantitative estimate of drug-likeness (QED) is 0.892. The smallest absolute Gasteiger partial charge is 0.374 e. The Morgan fingerprint density at radius 3 is 2.74 bits per heavy atom. The predicted octanol–water partition coefficient (Wildman–Crippen LogP) is 3.04. The van der Waals surface area contributed by atoms with E-state index in [0.29, 0.717) is 10.7 Å². The van der Waals surface area contributed by atoms with Crippen LogP contribution >= 0.6 is 27.5 Å². The van der Waals surface area contributed by atoms with Gasteiger partial charge in [0.05, 0.1) is 10.7 Å². The lowest BCUT2D eigenvalue weighted by Gasteiger charge is -2.05. The van der Waals surface area contributed by atoms with Crippen LogP contribution in [-0.2, 0) is 0 Å². The second kappa shape index (κ2) is 5.41. The van der Waals surface area contributed by atoms with E-state index in [9.17, 15) is 9.59 Å². The number of halogens is 2. The summed E-state index contributed by atoms with van der Waals surface area (Å²) in [5, 5.41) is 14.9. The lowest BCUT2D eigenvalue weighted by molar-refractivity contribution is 0.0651. The van der Waals surface area contributed by atoms with Gasteiger partial charge in [0.25, 0.3) is 5.91 Å². The second-order valence-corrected chi connectivity index (χ2v) is 4.78. The third-order valence-corrected chi connectivity index (χ3v) is 2.95. The first-order valence-corrected chi connectivity index (χ1v) is 6.11. The number of carboxylic acids is 1. The molecule has 1 amide bonds. The third-order valence-electron chi connectivity index (χ3n) is 2.13. The van der Waals surface area contributed by atoms with E-state index in [-0.39, 0.29) is 5.69 Å². The number of nitrogens with zero attached hydrogens (tertiary/aromatic N) is 1. The summed E-state index contributed by atoms with van der Waals surface area (Å²) in [6.45, 7) is 0. The van der Waals surface area contributed by atoms with Gasteiger partial charge in [0.1, 0.15) is 0 Å². The minimum atomic E-state index is -1.30. The Morgan fingerprint density at radius 1 is 1.37 bits per heavy atom. The molecular formula is C11H6BrClN2O4. The fourth-order valence-electron chi connectivity index (χ4n) is 1.26. The average Bonchev–Trinajstić information content (AvgIpc) is 2.83. The van der Waals surface area contributed by atoms with Gasteiger partial charge < -0.3 is 14.9 Å². The number of aromatic nitrogens is 1. The Balaban J connectivity index is 2.20. The molecule has 1 aromatic carbocycles. The molecule has 19 heavy (non-hydrogen) atoms. The van der Waals surface area contributed by atoms with Crippen LogP contribution in [0.25, 0.3) is 0 Å². The highest BCUT2D eigenvalue weighted by Gasteiger charge is 2.17. The Bertz CT molecular complexity index is 656. The van der Waals surface area contributed by atoms with E-state index in [1.807, 2.05) is 0 Å². The zero-order valence-corrected chi connectivity index (χ0v) is 11.5. The molecule has 0 bridgehead atoms. The highest BCUT2D eigenvalue weighted by molar-refractivity contribution is 9.10. The Kier molecular flexibility index (Phi) is 3.87. The fraction of sp³-hybridized carbons (Fsp3) is 0. The molecule has 2 rings (SSSR count). The van der Waals surface area contributed by atoms with Crippen LogP contribution in [0.3, 0.4) is 0 Å². The second-order valence-electron chi connectivity index (χ2n) is 3.46. The zero-order valence-electron chi connectivity index (χ0n) is 9.18. The SMILES string of the molecule is O=C(Nc1cc(Br)ccc1Cl)c1cc(C(=O)O)on1. The maximum atomic E-state index is 11.8. The normalized spacial score (nSPS) is 10.2. The van der Waals surface area contributed by atoms with Crippen molar-refractivity contribution in [3.63, 3.8) is 0 Å². The van der Waals surface area contributed by atoms with Gasteiger partial charge in [-0.15, -0.1) is 0 Å². The number of amides is 1. The van der Waals surface area contributed by atoms with E-state index in [2.05, 4.69) is 30.9 Å². The number of nitrogens with one attached hydrogen (secondary N) is 1. The molecule has 1 aromatic heterocycles. The minimum Gasteiger partial charge on any atom is -0.475 e. The molecule has 2 N–H and O–H groups in total. The summed E-state index contributed by atoms with van der Waals surface area (Å²) in [6, 6.07) is 5.96. The van der Waals surface area contributed by atoms with Crippen molar-refractivity contribution in [1.82, 2.24) is 5.16 Å². The van der Waals surface area contributed by atoms with Crippen molar-refractivity contribution < 1.29 is 19.2 Å². The van der Waals surface area contributed by atoms with Crippen molar-refractivity contribution in [3.8, 4) is 0 Å². The molecule has 0 unspecified atom stereocenters. The number of hydrogen-bond acceptors (Lipinski definition) is 4. The number of rotatable bonds is 3. The molecule has 0 aliphatic rings.